The summed E-state index contributed by atoms with van der Waals surface area (Å²) in [4.78, 5) is 9.47. The molecule has 0 aliphatic rings. The second-order valence-electron chi connectivity index (χ2n) is 3.83. The van der Waals surface area contributed by atoms with Gasteiger partial charge >= 0.3 is 5.97 Å². The Labute approximate surface area is 86.9 Å². The van der Waals surface area contributed by atoms with Crippen LogP contribution in [0.3, 0.4) is 0 Å². The molecule has 0 saturated heterocycles. The molecule has 14 heavy (non-hydrogen) atoms. The molecule has 0 aromatic rings. The van der Waals surface area contributed by atoms with Crippen LogP contribution in [0.1, 0.15) is 0 Å². The van der Waals surface area contributed by atoms with Crippen molar-refractivity contribution in [2.24, 2.45) is 0 Å². The van der Waals surface area contributed by atoms with Gasteiger partial charge < -0.3 is 14.6 Å². The van der Waals surface area contributed by atoms with Crippen LogP contribution in [0.15, 0.2) is 0 Å². The summed E-state index contributed by atoms with van der Waals surface area (Å²) in [5, 5.41) is 7.79. The molecule has 1 N–H and O–H groups in total. The maximum absolute atomic E-state index is 9.47. The third kappa shape index (κ3) is 22.6. The molecule has 0 heterocycles. The average Bonchev–Trinajstić information content (AvgIpc) is 2.00. The van der Waals surface area contributed by atoms with E-state index in [1.807, 2.05) is 0 Å². The first kappa shape index (κ1) is 16.3. The van der Waals surface area contributed by atoms with Crippen LogP contribution in [0.25, 0.3) is 0 Å². The fourth-order valence-corrected chi connectivity index (χ4v) is 1.22. The van der Waals surface area contributed by atoms with Crippen molar-refractivity contribution in [3.05, 3.63) is 0 Å². The van der Waals surface area contributed by atoms with E-state index in [0.717, 1.165) is 6.61 Å². The van der Waals surface area contributed by atoms with Crippen LogP contribution in [0.5, 0.6) is 0 Å². The van der Waals surface area contributed by atoms with Gasteiger partial charge in [-0.2, -0.15) is 0 Å². The summed E-state index contributed by atoms with van der Waals surface area (Å²) in [7, 11) is 2.54. The van der Waals surface area contributed by atoms with Crippen LogP contribution < -0.4 is 0 Å². The second-order valence-corrected chi connectivity index (χ2v) is 8.86. The van der Waals surface area contributed by atoms with Crippen molar-refractivity contribution in [3.8, 4) is 0 Å². The Kier molecular flexibility index (Phi) is 10.9. The van der Waals surface area contributed by atoms with Crippen LogP contribution in [-0.2, 0) is 14.3 Å². The van der Waals surface area contributed by atoms with E-state index < -0.39 is 13.2 Å². The summed E-state index contributed by atoms with van der Waals surface area (Å²) in [6, 6.07) is 0. The summed E-state index contributed by atoms with van der Waals surface area (Å²) in [6.45, 7) is 7.70. The molecule has 0 amide bonds. The fourth-order valence-electron chi connectivity index (χ4n) is 0.489. The predicted molar refractivity (Wildman–Crippen MR) is 60.9 cm³/mol. The van der Waals surface area contributed by atoms with E-state index in [1.54, 1.807) is 7.11 Å². The molecule has 0 atom stereocenters. The first-order valence-corrected chi connectivity index (χ1v) is 7.65. The van der Waals surface area contributed by atoms with Gasteiger partial charge in [-0.15, -0.1) is 0 Å². The molecule has 0 aromatic carbocycles. The molecule has 86 valence electrons. The Morgan fingerprint density at radius 2 is 1.71 bits per heavy atom. The molecule has 0 spiro atoms. The van der Waals surface area contributed by atoms with Crippen LogP contribution >= 0.6 is 7.26 Å². The van der Waals surface area contributed by atoms with Gasteiger partial charge in [-0.1, -0.05) is 0 Å². The zero-order chi connectivity index (χ0) is 11.6. The minimum Gasteiger partial charge on any atom is -0.480 e. The van der Waals surface area contributed by atoms with E-state index in [9.17, 15) is 4.79 Å². The van der Waals surface area contributed by atoms with E-state index in [4.69, 9.17) is 9.84 Å². The van der Waals surface area contributed by atoms with E-state index in [-0.39, 0.29) is 6.61 Å². The molecule has 0 saturated carbocycles. The van der Waals surface area contributed by atoms with E-state index in [1.165, 1.54) is 13.3 Å². The lowest BCUT2D eigenvalue weighted by Crippen LogP contribution is -2.02. The molecule has 0 aliphatic carbocycles. The number of carboxylic acids is 1. The quantitative estimate of drug-likeness (QED) is 0.715. The number of rotatable bonds is 5. The standard InChI is InChI=1S/C6H16OP.C3H6O3/c1-7-5-6-8(2,3)4;1-6-2-3(4)5/h5-6H2,1-4H3;2H2,1H3,(H,4,5)/q+1;. The number of aliphatic carboxylic acids is 1. The highest BCUT2D eigenvalue weighted by Crippen LogP contribution is 2.45. The lowest BCUT2D eigenvalue weighted by Gasteiger charge is -2.09. The van der Waals surface area contributed by atoms with E-state index in [0.29, 0.717) is 0 Å². The first-order valence-electron chi connectivity index (χ1n) is 4.33. The largest absolute Gasteiger partial charge is 0.480 e. The number of carboxylic acid groups (broad SMARTS) is 1. The lowest BCUT2D eigenvalue weighted by molar-refractivity contribution is -0.141. The fraction of sp³-hybridized carbons (Fsp3) is 0.889. The molecular formula is C9H22O4P+. The third-order valence-corrected chi connectivity index (χ3v) is 2.76. The summed E-state index contributed by atoms with van der Waals surface area (Å²) in [6.07, 6.45) is 1.25. The maximum Gasteiger partial charge on any atom is 0.329 e. The van der Waals surface area contributed by atoms with Gasteiger partial charge in [0.15, 0.2) is 0 Å². The first-order chi connectivity index (χ1) is 6.33. The monoisotopic (exact) mass is 225 g/mol. The molecule has 5 heteroatoms. The number of carbonyl (C=O) groups is 1. The Morgan fingerprint density at radius 3 is 1.79 bits per heavy atom. The van der Waals surface area contributed by atoms with Gasteiger partial charge in [-0.05, 0) is 0 Å². The van der Waals surface area contributed by atoms with E-state index >= 15 is 0 Å². The highest BCUT2D eigenvalue weighted by molar-refractivity contribution is 7.73. The normalized spacial score (nSPS) is 10.4. The van der Waals surface area contributed by atoms with Crippen LogP contribution in [0, 0.1) is 0 Å². The van der Waals surface area contributed by atoms with Crippen LogP contribution in [-0.4, -0.2) is 64.7 Å². The molecule has 0 unspecified atom stereocenters. The van der Waals surface area contributed by atoms with Crippen molar-refractivity contribution in [2.45, 2.75) is 0 Å². The van der Waals surface area contributed by atoms with Crippen LogP contribution in [0.2, 0.25) is 0 Å². The van der Waals surface area contributed by atoms with E-state index in [2.05, 4.69) is 24.7 Å². The van der Waals surface area contributed by atoms with Gasteiger partial charge in [0, 0.05) is 41.5 Å². The van der Waals surface area contributed by atoms with Gasteiger partial charge in [0.1, 0.15) is 6.61 Å². The average molecular weight is 225 g/mol. The van der Waals surface area contributed by atoms with Gasteiger partial charge in [0.05, 0.1) is 12.8 Å². The minimum absolute atomic E-state index is 0.208. The Morgan fingerprint density at radius 1 is 1.21 bits per heavy atom. The van der Waals surface area contributed by atoms with Gasteiger partial charge in [0.2, 0.25) is 0 Å². The van der Waals surface area contributed by atoms with Crippen molar-refractivity contribution >= 4 is 13.2 Å². The zero-order valence-corrected chi connectivity index (χ0v) is 10.6. The van der Waals surface area contributed by atoms with Crippen molar-refractivity contribution < 1.29 is 19.4 Å². The SMILES string of the molecule is COCC(=O)O.COCC[P+](C)(C)C. The van der Waals surface area contributed by atoms with Crippen LogP contribution in [0.4, 0.5) is 0 Å². The Balaban J connectivity index is 0. The summed E-state index contributed by atoms with van der Waals surface area (Å²) in [5.41, 5.74) is 0. The zero-order valence-electron chi connectivity index (χ0n) is 9.74. The minimum atomic E-state index is -0.933. The summed E-state index contributed by atoms with van der Waals surface area (Å²) >= 11 is 0. The molecule has 0 aromatic heterocycles. The lowest BCUT2D eigenvalue weighted by atomic mass is 10.8. The molecule has 0 rings (SSSR count). The molecule has 0 aliphatic heterocycles. The molecule has 0 bridgehead atoms. The highest BCUT2D eigenvalue weighted by atomic mass is 31.2. The number of ether oxygens (including phenoxy) is 2. The van der Waals surface area contributed by atoms with Crippen molar-refractivity contribution in [3.63, 3.8) is 0 Å². The van der Waals surface area contributed by atoms with Gasteiger partial charge in [0.25, 0.3) is 0 Å². The molecular weight excluding hydrogens is 203 g/mol. The second kappa shape index (κ2) is 9.38. The third-order valence-electron chi connectivity index (χ3n) is 1.23. The number of methoxy groups -OCH3 is 2. The van der Waals surface area contributed by atoms with Crippen molar-refractivity contribution in [1.82, 2.24) is 0 Å². The summed E-state index contributed by atoms with van der Waals surface area (Å²) in [5.74, 6) is -0.933. The van der Waals surface area contributed by atoms with Gasteiger partial charge in [-0.25, -0.2) is 4.79 Å². The smallest absolute Gasteiger partial charge is 0.329 e. The van der Waals surface area contributed by atoms with Crippen molar-refractivity contribution in [1.29, 1.82) is 0 Å². The summed E-state index contributed by atoms with van der Waals surface area (Å²) < 4.78 is 9.15. The van der Waals surface area contributed by atoms with Gasteiger partial charge in [-0.3, -0.25) is 0 Å². The Hall–Kier alpha value is -0.180. The predicted octanol–water partition coefficient (Wildman–Crippen LogP) is 1.26. The maximum atomic E-state index is 9.47. The van der Waals surface area contributed by atoms with Crippen molar-refractivity contribution in [2.75, 3.05) is 53.6 Å². The molecule has 0 radical (unpaired) electrons. The topological polar surface area (TPSA) is 55.8 Å². The number of hydrogen-bond donors (Lipinski definition) is 1. The number of hydrogen-bond acceptors (Lipinski definition) is 3. The molecule has 4 nitrogen and oxygen atoms in total. The highest BCUT2D eigenvalue weighted by Gasteiger charge is 2.15. The Bertz CT molecular complexity index is 142. The molecule has 0 fully saturated rings.